The molecule has 0 bridgehead atoms. The zero-order valence-corrected chi connectivity index (χ0v) is 8.03. The standard InChI is InChI=1S/C12H15N/c1-3-12(2)10-13(12)9-11-7-5-4-6-8-11/h3-8H,1,9-10H2,2H3. The van der Waals surface area contributed by atoms with Crippen LogP contribution < -0.4 is 0 Å². The highest BCUT2D eigenvalue weighted by Crippen LogP contribution is 2.34. The fraction of sp³-hybridized carbons (Fsp3) is 0.333. The molecule has 1 heteroatoms. The van der Waals surface area contributed by atoms with E-state index in [9.17, 15) is 0 Å². The number of hydrogen-bond donors (Lipinski definition) is 0. The van der Waals surface area contributed by atoms with Gasteiger partial charge in [0, 0.05) is 18.6 Å². The minimum atomic E-state index is 0.260. The zero-order valence-electron chi connectivity index (χ0n) is 8.03. The molecule has 0 saturated carbocycles. The van der Waals surface area contributed by atoms with Crippen LogP contribution in [0.15, 0.2) is 43.0 Å². The number of nitrogens with zero attached hydrogens (tertiary/aromatic N) is 1. The third-order valence-electron chi connectivity index (χ3n) is 2.79. The number of rotatable bonds is 3. The van der Waals surface area contributed by atoms with Crippen LogP contribution in [0.5, 0.6) is 0 Å². The van der Waals surface area contributed by atoms with Crippen molar-refractivity contribution in [1.29, 1.82) is 0 Å². The maximum atomic E-state index is 3.84. The second kappa shape index (κ2) is 3.00. The summed E-state index contributed by atoms with van der Waals surface area (Å²) in [5, 5.41) is 0. The summed E-state index contributed by atoms with van der Waals surface area (Å²) in [4.78, 5) is 2.41. The molecule has 1 fully saturated rings. The van der Waals surface area contributed by atoms with Crippen LogP contribution in [0.2, 0.25) is 0 Å². The van der Waals surface area contributed by atoms with E-state index in [0.717, 1.165) is 13.1 Å². The van der Waals surface area contributed by atoms with Crippen molar-refractivity contribution in [2.24, 2.45) is 0 Å². The van der Waals surface area contributed by atoms with Gasteiger partial charge in [0.25, 0.3) is 0 Å². The maximum absolute atomic E-state index is 3.84. The molecule has 1 saturated heterocycles. The van der Waals surface area contributed by atoms with Crippen molar-refractivity contribution >= 4 is 0 Å². The molecule has 1 nitrogen and oxygen atoms in total. The predicted molar refractivity (Wildman–Crippen MR) is 55.5 cm³/mol. The van der Waals surface area contributed by atoms with E-state index in [2.05, 4.69) is 48.7 Å². The predicted octanol–water partition coefficient (Wildman–Crippen LogP) is 2.45. The lowest BCUT2D eigenvalue weighted by molar-refractivity contribution is 0.467. The van der Waals surface area contributed by atoms with Crippen molar-refractivity contribution in [2.45, 2.75) is 19.0 Å². The molecule has 0 radical (unpaired) electrons. The molecule has 2 rings (SSSR count). The Balaban J connectivity index is 1.99. The second-order valence-corrected chi connectivity index (χ2v) is 3.90. The van der Waals surface area contributed by atoms with Crippen LogP contribution in [-0.4, -0.2) is 17.0 Å². The molecule has 1 aromatic carbocycles. The van der Waals surface area contributed by atoms with Crippen LogP contribution in [0.25, 0.3) is 0 Å². The van der Waals surface area contributed by atoms with Gasteiger partial charge >= 0.3 is 0 Å². The highest BCUT2D eigenvalue weighted by atomic mass is 15.3. The molecule has 2 unspecified atom stereocenters. The van der Waals surface area contributed by atoms with Crippen molar-refractivity contribution < 1.29 is 0 Å². The van der Waals surface area contributed by atoms with Gasteiger partial charge in [-0.2, -0.15) is 0 Å². The summed E-state index contributed by atoms with van der Waals surface area (Å²) in [5.41, 5.74) is 1.64. The van der Waals surface area contributed by atoms with Crippen LogP contribution in [0.1, 0.15) is 12.5 Å². The van der Waals surface area contributed by atoms with E-state index < -0.39 is 0 Å². The zero-order chi connectivity index (χ0) is 9.31. The Bertz CT molecular complexity index is 304. The monoisotopic (exact) mass is 173 g/mol. The minimum absolute atomic E-state index is 0.260. The molecule has 13 heavy (non-hydrogen) atoms. The van der Waals surface area contributed by atoms with Crippen molar-refractivity contribution in [3.05, 3.63) is 48.6 Å². The molecule has 0 amide bonds. The quantitative estimate of drug-likeness (QED) is 0.501. The van der Waals surface area contributed by atoms with Gasteiger partial charge in [0.2, 0.25) is 0 Å². The molecule has 0 spiro atoms. The number of benzene rings is 1. The second-order valence-electron chi connectivity index (χ2n) is 3.90. The molecule has 1 aliphatic heterocycles. The first kappa shape index (κ1) is 8.52. The molecule has 0 aromatic heterocycles. The lowest BCUT2D eigenvalue weighted by Crippen LogP contribution is -2.09. The lowest BCUT2D eigenvalue weighted by atomic mass is 10.2. The molecular weight excluding hydrogens is 158 g/mol. The number of hydrogen-bond acceptors (Lipinski definition) is 1. The van der Waals surface area contributed by atoms with Gasteiger partial charge in [-0.3, -0.25) is 4.90 Å². The molecule has 1 aliphatic rings. The Kier molecular flexibility index (Phi) is 1.97. The van der Waals surface area contributed by atoms with E-state index in [0.29, 0.717) is 0 Å². The van der Waals surface area contributed by atoms with Gasteiger partial charge in [0.1, 0.15) is 0 Å². The third-order valence-corrected chi connectivity index (χ3v) is 2.79. The first-order valence-corrected chi connectivity index (χ1v) is 4.67. The fourth-order valence-electron chi connectivity index (χ4n) is 1.59. The van der Waals surface area contributed by atoms with E-state index >= 15 is 0 Å². The molecule has 0 N–H and O–H groups in total. The summed E-state index contributed by atoms with van der Waals surface area (Å²) in [6, 6.07) is 10.6. The van der Waals surface area contributed by atoms with E-state index in [1.165, 1.54) is 5.56 Å². The first-order chi connectivity index (χ1) is 6.24. The van der Waals surface area contributed by atoms with Crippen molar-refractivity contribution in [1.82, 2.24) is 4.90 Å². The summed E-state index contributed by atoms with van der Waals surface area (Å²) >= 11 is 0. The molecule has 1 aromatic rings. The Morgan fingerprint density at radius 1 is 1.46 bits per heavy atom. The van der Waals surface area contributed by atoms with Gasteiger partial charge in [0.05, 0.1) is 0 Å². The van der Waals surface area contributed by atoms with Gasteiger partial charge in [0.15, 0.2) is 0 Å². The average Bonchev–Trinajstić information content (AvgIpc) is 2.80. The Hall–Kier alpha value is -1.08. The van der Waals surface area contributed by atoms with Gasteiger partial charge in [-0.1, -0.05) is 36.4 Å². The summed E-state index contributed by atoms with van der Waals surface area (Å²) in [5.74, 6) is 0. The van der Waals surface area contributed by atoms with Crippen LogP contribution in [0, 0.1) is 0 Å². The fourth-order valence-corrected chi connectivity index (χ4v) is 1.59. The Morgan fingerprint density at radius 2 is 2.15 bits per heavy atom. The van der Waals surface area contributed by atoms with Crippen molar-refractivity contribution in [2.75, 3.05) is 6.54 Å². The topological polar surface area (TPSA) is 3.01 Å². The maximum Gasteiger partial charge on any atom is 0.0492 e. The average molecular weight is 173 g/mol. The SMILES string of the molecule is C=CC1(C)CN1Cc1ccccc1. The van der Waals surface area contributed by atoms with Crippen molar-refractivity contribution in [3.8, 4) is 0 Å². The van der Waals surface area contributed by atoms with Gasteiger partial charge in [-0.05, 0) is 12.5 Å². The first-order valence-electron chi connectivity index (χ1n) is 4.67. The third kappa shape index (κ3) is 1.65. The highest BCUT2D eigenvalue weighted by molar-refractivity contribution is 5.21. The minimum Gasteiger partial charge on any atom is -0.287 e. The van der Waals surface area contributed by atoms with Gasteiger partial charge < -0.3 is 0 Å². The van der Waals surface area contributed by atoms with E-state index in [-0.39, 0.29) is 5.54 Å². The van der Waals surface area contributed by atoms with E-state index in [1.807, 2.05) is 6.08 Å². The molecule has 1 heterocycles. The van der Waals surface area contributed by atoms with E-state index in [4.69, 9.17) is 0 Å². The summed E-state index contributed by atoms with van der Waals surface area (Å²) in [6.07, 6.45) is 2.04. The van der Waals surface area contributed by atoms with Gasteiger partial charge in [-0.25, -0.2) is 0 Å². The lowest BCUT2D eigenvalue weighted by Gasteiger charge is -2.06. The van der Waals surface area contributed by atoms with Gasteiger partial charge in [-0.15, -0.1) is 6.58 Å². The molecule has 0 aliphatic carbocycles. The molecular formula is C12H15N. The summed E-state index contributed by atoms with van der Waals surface area (Å²) in [7, 11) is 0. The van der Waals surface area contributed by atoms with E-state index in [1.54, 1.807) is 0 Å². The largest absolute Gasteiger partial charge is 0.287 e. The highest BCUT2D eigenvalue weighted by Gasteiger charge is 2.44. The molecule has 68 valence electrons. The van der Waals surface area contributed by atoms with Crippen LogP contribution in [0.3, 0.4) is 0 Å². The van der Waals surface area contributed by atoms with Crippen LogP contribution in [-0.2, 0) is 6.54 Å². The molecule has 2 atom stereocenters. The Labute approximate surface area is 79.7 Å². The summed E-state index contributed by atoms with van der Waals surface area (Å²) in [6.45, 7) is 8.26. The normalized spacial score (nSPS) is 31.3. The summed E-state index contributed by atoms with van der Waals surface area (Å²) < 4.78 is 0. The Morgan fingerprint density at radius 3 is 2.69 bits per heavy atom. The smallest absolute Gasteiger partial charge is 0.0492 e. The van der Waals surface area contributed by atoms with Crippen molar-refractivity contribution in [3.63, 3.8) is 0 Å². The van der Waals surface area contributed by atoms with Crippen LogP contribution in [0.4, 0.5) is 0 Å². The van der Waals surface area contributed by atoms with Crippen LogP contribution >= 0.6 is 0 Å².